The summed E-state index contributed by atoms with van der Waals surface area (Å²) < 4.78 is 1.00. The lowest BCUT2D eigenvalue weighted by Crippen LogP contribution is -2.41. The summed E-state index contributed by atoms with van der Waals surface area (Å²) in [5.41, 5.74) is 1.79. The second kappa shape index (κ2) is 5.00. The van der Waals surface area contributed by atoms with E-state index in [0.717, 1.165) is 40.3 Å². The number of H-pyrrole nitrogens is 1. The lowest BCUT2D eigenvalue weighted by Gasteiger charge is -2.33. The molecule has 1 fully saturated rings. The van der Waals surface area contributed by atoms with Gasteiger partial charge >= 0.3 is 0 Å². The number of rotatable bonds is 1. The van der Waals surface area contributed by atoms with Crippen LogP contribution < -0.4 is 0 Å². The molecule has 0 radical (unpaired) electrons. The van der Waals surface area contributed by atoms with Gasteiger partial charge in [0, 0.05) is 34.2 Å². The molecule has 19 heavy (non-hydrogen) atoms. The molecule has 1 aliphatic heterocycles. The topological polar surface area (TPSA) is 36.1 Å². The number of hydrogen-bond acceptors (Lipinski definition) is 1. The SMILES string of the molecule is CC1CCCCN1C(=O)c1c[nH]c2ccc(Br)cc12. The summed E-state index contributed by atoms with van der Waals surface area (Å²) in [6.45, 7) is 3.02. The molecule has 3 rings (SSSR count). The molecule has 1 N–H and O–H groups in total. The molecule has 0 saturated carbocycles. The highest BCUT2D eigenvalue weighted by Gasteiger charge is 2.25. The van der Waals surface area contributed by atoms with Crippen LogP contribution in [0.4, 0.5) is 0 Å². The molecule has 0 spiro atoms. The number of piperidine rings is 1. The minimum absolute atomic E-state index is 0.150. The van der Waals surface area contributed by atoms with Gasteiger partial charge in [-0.05, 0) is 44.4 Å². The van der Waals surface area contributed by atoms with E-state index in [2.05, 4.69) is 27.8 Å². The summed E-state index contributed by atoms with van der Waals surface area (Å²) in [4.78, 5) is 17.9. The third-order valence-corrected chi connectivity index (χ3v) is 4.43. The second-order valence-corrected chi connectivity index (χ2v) is 6.15. The number of hydrogen-bond donors (Lipinski definition) is 1. The van der Waals surface area contributed by atoms with Crippen LogP contribution in [0.25, 0.3) is 10.9 Å². The summed E-state index contributed by atoms with van der Waals surface area (Å²) in [5, 5.41) is 0.997. The Bertz CT molecular complexity index is 620. The van der Waals surface area contributed by atoms with Crippen LogP contribution in [0.15, 0.2) is 28.9 Å². The number of aromatic nitrogens is 1. The van der Waals surface area contributed by atoms with E-state index in [-0.39, 0.29) is 5.91 Å². The van der Waals surface area contributed by atoms with Crippen molar-refractivity contribution in [3.05, 3.63) is 34.4 Å². The van der Waals surface area contributed by atoms with Crippen LogP contribution in [-0.4, -0.2) is 28.4 Å². The number of halogens is 1. The highest BCUT2D eigenvalue weighted by molar-refractivity contribution is 9.10. The minimum atomic E-state index is 0.150. The fourth-order valence-corrected chi connectivity index (χ4v) is 3.19. The standard InChI is InChI=1S/C15H17BrN2O/c1-10-4-2-3-7-18(10)15(19)13-9-17-14-6-5-11(16)8-12(13)14/h5-6,8-10,17H,2-4,7H2,1H3. The van der Waals surface area contributed by atoms with Crippen molar-refractivity contribution in [1.82, 2.24) is 9.88 Å². The molecule has 2 heterocycles. The molecular weight excluding hydrogens is 304 g/mol. The Morgan fingerprint density at radius 2 is 2.26 bits per heavy atom. The van der Waals surface area contributed by atoms with Gasteiger partial charge in [0.05, 0.1) is 5.56 Å². The van der Waals surface area contributed by atoms with Gasteiger partial charge in [-0.1, -0.05) is 15.9 Å². The van der Waals surface area contributed by atoms with Gasteiger partial charge in [-0.3, -0.25) is 4.79 Å². The van der Waals surface area contributed by atoms with Gasteiger partial charge < -0.3 is 9.88 Å². The number of carbonyl (C=O) groups excluding carboxylic acids is 1. The van der Waals surface area contributed by atoms with Crippen LogP contribution in [0.1, 0.15) is 36.5 Å². The van der Waals surface area contributed by atoms with Gasteiger partial charge in [0.15, 0.2) is 0 Å². The molecule has 1 saturated heterocycles. The average molecular weight is 321 g/mol. The third kappa shape index (κ3) is 2.29. The van der Waals surface area contributed by atoms with E-state index in [1.807, 2.05) is 29.3 Å². The fourth-order valence-electron chi connectivity index (χ4n) is 2.82. The average Bonchev–Trinajstić information content (AvgIpc) is 2.81. The van der Waals surface area contributed by atoms with E-state index in [1.165, 1.54) is 6.42 Å². The summed E-state index contributed by atoms with van der Waals surface area (Å²) in [6.07, 6.45) is 5.28. The van der Waals surface area contributed by atoms with Crippen LogP contribution in [0.2, 0.25) is 0 Å². The molecule has 1 amide bonds. The number of benzene rings is 1. The predicted octanol–water partition coefficient (Wildman–Crippen LogP) is 3.95. The molecule has 1 atom stereocenters. The highest BCUT2D eigenvalue weighted by atomic mass is 79.9. The van der Waals surface area contributed by atoms with Crippen molar-refractivity contribution in [3.63, 3.8) is 0 Å². The zero-order valence-corrected chi connectivity index (χ0v) is 12.5. The highest BCUT2D eigenvalue weighted by Crippen LogP contribution is 2.26. The van der Waals surface area contributed by atoms with Crippen molar-refractivity contribution < 1.29 is 4.79 Å². The Hall–Kier alpha value is -1.29. The number of nitrogens with one attached hydrogen (secondary N) is 1. The summed E-state index contributed by atoms with van der Waals surface area (Å²) >= 11 is 3.47. The fraction of sp³-hybridized carbons (Fsp3) is 0.400. The van der Waals surface area contributed by atoms with Gasteiger partial charge in [-0.2, -0.15) is 0 Å². The van der Waals surface area contributed by atoms with Gasteiger partial charge in [-0.25, -0.2) is 0 Å². The Labute approximate surface area is 121 Å². The molecule has 2 aromatic rings. The van der Waals surface area contributed by atoms with Gasteiger partial charge in [0.25, 0.3) is 5.91 Å². The molecular formula is C15H17BrN2O. The van der Waals surface area contributed by atoms with Crippen LogP contribution >= 0.6 is 15.9 Å². The Morgan fingerprint density at radius 3 is 3.05 bits per heavy atom. The lowest BCUT2D eigenvalue weighted by molar-refractivity contribution is 0.0638. The van der Waals surface area contributed by atoms with Gasteiger partial charge in [-0.15, -0.1) is 0 Å². The first-order chi connectivity index (χ1) is 9.16. The maximum Gasteiger partial charge on any atom is 0.256 e. The van der Waals surface area contributed by atoms with E-state index in [0.29, 0.717) is 6.04 Å². The molecule has 0 aliphatic carbocycles. The number of amides is 1. The first kappa shape index (κ1) is 12.7. The number of carbonyl (C=O) groups is 1. The first-order valence-corrected chi connectivity index (χ1v) is 7.54. The van der Waals surface area contributed by atoms with E-state index in [4.69, 9.17) is 0 Å². The van der Waals surface area contributed by atoms with Crippen LogP contribution in [0.3, 0.4) is 0 Å². The number of likely N-dealkylation sites (tertiary alicyclic amines) is 1. The smallest absolute Gasteiger partial charge is 0.256 e. The maximum atomic E-state index is 12.7. The Kier molecular flexibility index (Phi) is 3.35. The molecule has 0 bridgehead atoms. The molecule has 1 aromatic carbocycles. The molecule has 100 valence electrons. The predicted molar refractivity (Wildman–Crippen MR) is 80.3 cm³/mol. The molecule has 4 heteroatoms. The van der Waals surface area contributed by atoms with Crippen molar-refractivity contribution >= 4 is 32.7 Å². The van der Waals surface area contributed by atoms with Crippen LogP contribution in [-0.2, 0) is 0 Å². The second-order valence-electron chi connectivity index (χ2n) is 5.24. The monoisotopic (exact) mass is 320 g/mol. The van der Waals surface area contributed by atoms with Crippen molar-refractivity contribution in [2.75, 3.05) is 6.54 Å². The maximum absolute atomic E-state index is 12.7. The van der Waals surface area contributed by atoms with Crippen molar-refractivity contribution in [2.45, 2.75) is 32.2 Å². The molecule has 1 aromatic heterocycles. The van der Waals surface area contributed by atoms with Crippen LogP contribution in [0.5, 0.6) is 0 Å². The van der Waals surface area contributed by atoms with Crippen molar-refractivity contribution in [1.29, 1.82) is 0 Å². The van der Waals surface area contributed by atoms with E-state index in [1.54, 1.807) is 0 Å². The zero-order valence-electron chi connectivity index (χ0n) is 10.9. The first-order valence-electron chi connectivity index (χ1n) is 6.74. The zero-order chi connectivity index (χ0) is 13.4. The molecule has 3 nitrogen and oxygen atoms in total. The summed E-state index contributed by atoms with van der Waals surface area (Å²) in [6, 6.07) is 6.33. The molecule has 1 unspecified atom stereocenters. The number of fused-ring (bicyclic) bond motifs is 1. The normalized spacial score (nSPS) is 19.9. The Balaban J connectivity index is 1.99. The van der Waals surface area contributed by atoms with E-state index >= 15 is 0 Å². The minimum Gasteiger partial charge on any atom is -0.360 e. The largest absolute Gasteiger partial charge is 0.360 e. The summed E-state index contributed by atoms with van der Waals surface area (Å²) in [7, 11) is 0. The van der Waals surface area contributed by atoms with Crippen LogP contribution in [0, 0.1) is 0 Å². The quantitative estimate of drug-likeness (QED) is 0.848. The van der Waals surface area contributed by atoms with Crippen molar-refractivity contribution in [3.8, 4) is 0 Å². The third-order valence-electron chi connectivity index (χ3n) is 3.94. The molecule has 1 aliphatic rings. The number of nitrogens with zero attached hydrogens (tertiary/aromatic N) is 1. The van der Waals surface area contributed by atoms with E-state index in [9.17, 15) is 4.79 Å². The van der Waals surface area contributed by atoms with Gasteiger partial charge in [0.1, 0.15) is 0 Å². The van der Waals surface area contributed by atoms with Gasteiger partial charge in [0.2, 0.25) is 0 Å². The van der Waals surface area contributed by atoms with E-state index < -0.39 is 0 Å². The lowest BCUT2D eigenvalue weighted by atomic mass is 10.0. The number of aromatic amines is 1. The van der Waals surface area contributed by atoms with Crippen molar-refractivity contribution in [2.24, 2.45) is 0 Å². The summed E-state index contributed by atoms with van der Waals surface area (Å²) in [5.74, 6) is 0.150. The Morgan fingerprint density at radius 1 is 1.42 bits per heavy atom.